The first-order valence-electron chi connectivity index (χ1n) is 12.0. The fraction of sp³-hybridized carbons (Fsp3) is 0.880. The highest BCUT2D eigenvalue weighted by atomic mass is 16.7. The molecule has 1 saturated heterocycles. The molecule has 5 heteroatoms. The van der Waals surface area contributed by atoms with Crippen molar-refractivity contribution in [3.8, 4) is 0 Å². The van der Waals surface area contributed by atoms with Crippen LogP contribution in [0.15, 0.2) is 11.6 Å². The number of hydrogen-bond donors (Lipinski definition) is 1. The molecule has 1 spiro atoms. The predicted octanol–water partition coefficient (Wildman–Crippen LogP) is 3.84. The second kappa shape index (κ2) is 5.90. The monoisotopic (exact) mass is 416 g/mol. The maximum absolute atomic E-state index is 12.2. The molecule has 0 bridgehead atoms. The highest BCUT2D eigenvalue weighted by molar-refractivity contribution is 5.66. The Morgan fingerprint density at radius 1 is 1.20 bits per heavy atom. The Hall–Kier alpha value is -0.910. The van der Waals surface area contributed by atoms with Gasteiger partial charge in [-0.1, -0.05) is 25.5 Å². The fourth-order valence-corrected chi connectivity index (χ4v) is 9.47. The van der Waals surface area contributed by atoms with Gasteiger partial charge in [-0.2, -0.15) is 0 Å². The summed E-state index contributed by atoms with van der Waals surface area (Å²) in [5, 5.41) is 11.4. The highest BCUT2D eigenvalue weighted by Gasteiger charge is 2.78. The summed E-state index contributed by atoms with van der Waals surface area (Å²) in [6, 6.07) is 0. The van der Waals surface area contributed by atoms with Crippen molar-refractivity contribution in [1.82, 2.24) is 0 Å². The largest absolute Gasteiger partial charge is 0.462 e. The van der Waals surface area contributed by atoms with Crippen LogP contribution in [0.4, 0.5) is 0 Å². The Morgan fingerprint density at radius 2 is 1.93 bits per heavy atom. The molecule has 0 aromatic rings. The molecule has 4 saturated carbocycles. The van der Waals surface area contributed by atoms with Gasteiger partial charge in [-0.05, 0) is 68.6 Å². The van der Waals surface area contributed by atoms with Crippen molar-refractivity contribution in [2.24, 2.45) is 39.9 Å². The van der Waals surface area contributed by atoms with Crippen LogP contribution in [0.25, 0.3) is 0 Å². The second-order valence-corrected chi connectivity index (χ2v) is 11.6. The molecule has 9 atom stereocenters. The zero-order chi connectivity index (χ0) is 21.1. The number of ether oxygens (including phenoxy) is 3. The maximum atomic E-state index is 12.2. The standard InChI is InChI=1S/C25H36O5/c1-14(26)30-21-12-18-16(11-20(27)25-13-15(25)7-8-22(18,25)2)17-5-6-19(23(17,21)3)24(4)28-9-10-29-24/h5,15-16,18-21,27H,6-13H2,1-4H3/t15?,16?,18?,19?,20-,21-,22-,23+,25+/m1/s1. The third-order valence-corrected chi connectivity index (χ3v) is 10.9. The molecule has 6 aliphatic rings. The summed E-state index contributed by atoms with van der Waals surface area (Å²) in [6.07, 6.45) is 8.27. The van der Waals surface area contributed by atoms with Crippen molar-refractivity contribution >= 4 is 5.97 Å². The minimum atomic E-state index is -0.647. The molecule has 166 valence electrons. The van der Waals surface area contributed by atoms with Gasteiger partial charge in [-0.25, -0.2) is 0 Å². The summed E-state index contributed by atoms with van der Waals surface area (Å²) >= 11 is 0. The number of allylic oxidation sites excluding steroid dienone is 1. The lowest BCUT2D eigenvalue weighted by atomic mass is 9.46. The molecule has 0 radical (unpaired) electrons. The van der Waals surface area contributed by atoms with Crippen LogP contribution in [0.5, 0.6) is 0 Å². The average molecular weight is 417 g/mol. The topological polar surface area (TPSA) is 65.0 Å². The van der Waals surface area contributed by atoms with E-state index in [1.807, 2.05) is 0 Å². The van der Waals surface area contributed by atoms with E-state index >= 15 is 0 Å². The van der Waals surface area contributed by atoms with Gasteiger partial charge in [0.1, 0.15) is 6.10 Å². The van der Waals surface area contributed by atoms with Crippen molar-refractivity contribution in [1.29, 1.82) is 0 Å². The Bertz CT molecular complexity index is 814. The van der Waals surface area contributed by atoms with Crippen molar-refractivity contribution in [2.75, 3.05) is 13.2 Å². The lowest BCUT2D eigenvalue weighted by Crippen LogP contribution is -2.60. The number of carbonyl (C=O) groups is 1. The summed E-state index contributed by atoms with van der Waals surface area (Å²) in [7, 11) is 0. The Labute approximate surface area is 179 Å². The summed E-state index contributed by atoms with van der Waals surface area (Å²) in [5.41, 5.74) is 1.34. The van der Waals surface area contributed by atoms with Crippen molar-refractivity contribution in [3.63, 3.8) is 0 Å². The van der Waals surface area contributed by atoms with Gasteiger partial charge in [0.15, 0.2) is 5.79 Å². The van der Waals surface area contributed by atoms with Gasteiger partial charge in [0.2, 0.25) is 0 Å². The second-order valence-electron chi connectivity index (χ2n) is 11.6. The predicted molar refractivity (Wildman–Crippen MR) is 110 cm³/mol. The van der Waals surface area contributed by atoms with E-state index in [1.165, 1.54) is 31.8 Å². The quantitative estimate of drug-likeness (QED) is 0.547. The van der Waals surface area contributed by atoms with Crippen LogP contribution in [0.1, 0.15) is 66.2 Å². The Morgan fingerprint density at radius 3 is 2.60 bits per heavy atom. The first kappa shape index (κ1) is 19.8. The van der Waals surface area contributed by atoms with E-state index in [2.05, 4.69) is 26.8 Å². The van der Waals surface area contributed by atoms with E-state index in [-0.39, 0.29) is 40.3 Å². The molecular weight excluding hydrogens is 380 g/mol. The van der Waals surface area contributed by atoms with Gasteiger partial charge in [-0.15, -0.1) is 0 Å². The molecule has 1 aliphatic heterocycles. The molecule has 0 amide bonds. The first-order chi connectivity index (χ1) is 14.2. The lowest BCUT2D eigenvalue weighted by molar-refractivity contribution is -0.228. The number of hydrogen-bond acceptors (Lipinski definition) is 5. The molecule has 1 heterocycles. The summed E-state index contributed by atoms with van der Waals surface area (Å²) < 4.78 is 18.3. The van der Waals surface area contributed by atoms with Crippen LogP contribution in [0.2, 0.25) is 0 Å². The Kier molecular flexibility index (Phi) is 3.89. The van der Waals surface area contributed by atoms with Crippen molar-refractivity contribution in [2.45, 2.75) is 84.2 Å². The van der Waals surface area contributed by atoms with Gasteiger partial charge >= 0.3 is 5.97 Å². The zero-order valence-corrected chi connectivity index (χ0v) is 18.8. The normalized spacial score (nSPS) is 55.2. The fourth-order valence-electron chi connectivity index (χ4n) is 9.47. The van der Waals surface area contributed by atoms with Crippen LogP contribution in [0.3, 0.4) is 0 Å². The van der Waals surface area contributed by atoms with E-state index in [0.29, 0.717) is 31.0 Å². The van der Waals surface area contributed by atoms with Crippen LogP contribution in [-0.2, 0) is 19.0 Å². The molecule has 6 rings (SSSR count). The van der Waals surface area contributed by atoms with Crippen molar-refractivity contribution < 1.29 is 24.1 Å². The molecule has 4 unspecified atom stereocenters. The van der Waals surface area contributed by atoms with E-state index in [1.54, 1.807) is 0 Å². The maximum Gasteiger partial charge on any atom is 0.302 e. The number of carbonyl (C=O) groups excluding carboxylic acids is 1. The number of rotatable bonds is 2. The highest BCUT2D eigenvalue weighted by Crippen LogP contribution is 2.81. The van der Waals surface area contributed by atoms with Gasteiger partial charge < -0.3 is 19.3 Å². The number of aliphatic hydroxyl groups excluding tert-OH is 1. The van der Waals surface area contributed by atoms with Crippen LogP contribution in [-0.4, -0.2) is 42.3 Å². The third-order valence-electron chi connectivity index (χ3n) is 10.9. The van der Waals surface area contributed by atoms with Gasteiger partial charge in [0.25, 0.3) is 0 Å². The zero-order valence-electron chi connectivity index (χ0n) is 18.8. The van der Waals surface area contributed by atoms with Crippen LogP contribution >= 0.6 is 0 Å². The van der Waals surface area contributed by atoms with E-state index in [0.717, 1.165) is 19.3 Å². The van der Waals surface area contributed by atoms with E-state index in [9.17, 15) is 9.90 Å². The summed E-state index contributed by atoms with van der Waals surface area (Å²) in [4.78, 5) is 12.2. The smallest absolute Gasteiger partial charge is 0.302 e. The molecule has 30 heavy (non-hydrogen) atoms. The van der Waals surface area contributed by atoms with Crippen LogP contribution in [0, 0.1) is 39.9 Å². The number of esters is 1. The minimum Gasteiger partial charge on any atom is -0.462 e. The van der Waals surface area contributed by atoms with Crippen molar-refractivity contribution in [3.05, 3.63) is 11.6 Å². The molecule has 0 aromatic heterocycles. The number of aliphatic hydroxyl groups is 1. The molecular formula is C25H36O5. The van der Waals surface area contributed by atoms with E-state index in [4.69, 9.17) is 14.2 Å². The van der Waals surface area contributed by atoms with E-state index < -0.39 is 5.79 Å². The minimum absolute atomic E-state index is 0.116. The molecule has 0 aromatic carbocycles. The summed E-state index contributed by atoms with van der Waals surface area (Å²) in [5.74, 6) is 0.797. The average Bonchev–Trinajstić information content (AvgIpc) is 2.93. The first-order valence-corrected chi connectivity index (χ1v) is 12.0. The lowest BCUT2D eigenvalue weighted by Gasteiger charge is -2.61. The molecule has 5 aliphatic carbocycles. The van der Waals surface area contributed by atoms with Gasteiger partial charge in [0, 0.05) is 23.7 Å². The third kappa shape index (κ3) is 2.13. The molecule has 1 N–H and O–H groups in total. The Balaban J connectivity index is 1.43. The molecule has 5 nitrogen and oxygen atoms in total. The number of fused-ring (bicyclic) bond motifs is 4. The van der Waals surface area contributed by atoms with Crippen LogP contribution < -0.4 is 0 Å². The SMILES string of the molecule is CC(=O)O[C@@H]1CC2C(C[C@@H](O)[C@]34CC3CC[C@]24C)C2=CCC(C3(C)OCCO3)[C@]21C. The summed E-state index contributed by atoms with van der Waals surface area (Å²) in [6.45, 7) is 9.52. The molecule has 5 fully saturated rings. The van der Waals surface area contributed by atoms with Gasteiger partial charge in [0.05, 0.1) is 19.3 Å². The van der Waals surface area contributed by atoms with Gasteiger partial charge in [-0.3, -0.25) is 4.79 Å².